The molecule has 0 saturated carbocycles. The van der Waals surface area contributed by atoms with Gasteiger partial charge in [0.2, 0.25) is 0 Å². The molecule has 1 aromatic heterocycles. The molecule has 82 valence electrons. The van der Waals surface area contributed by atoms with E-state index in [1.807, 2.05) is 18.2 Å². The molecule has 0 radical (unpaired) electrons. The molecule has 0 atom stereocenters. The fourth-order valence-corrected chi connectivity index (χ4v) is 0.767. The van der Waals surface area contributed by atoms with Crippen LogP contribution in [-0.2, 0) is 0 Å². The molecule has 0 unspecified atom stereocenters. The van der Waals surface area contributed by atoms with Gasteiger partial charge in [-0.2, -0.15) is 0 Å². The van der Waals surface area contributed by atoms with Gasteiger partial charge in [-0.1, -0.05) is 25.8 Å². The van der Waals surface area contributed by atoms with Crippen molar-refractivity contribution in [3.05, 3.63) is 30.6 Å². The highest BCUT2D eigenvalue weighted by molar-refractivity contribution is 4.88. The van der Waals surface area contributed by atoms with Crippen LogP contribution in [0.15, 0.2) is 30.6 Å². The normalized spacial score (nSPS) is 8.14. The maximum Gasteiger partial charge on any atom is 0.0267 e. The van der Waals surface area contributed by atoms with Crippen molar-refractivity contribution < 1.29 is 10.7 Å². The van der Waals surface area contributed by atoms with E-state index in [1.54, 1.807) is 12.4 Å². The van der Waals surface area contributed by atoms with Crippen molar-refractivity contribution >= 4 is 0 Å². The number of pyridine rings is 1. The van der Waals surface area contributed by atoms with Gasteiger partial charge < -0.3 is 10.7 Å². The number of nitrogens with zero attached hydrogens (tertiary/aromatic N) is 1. The van der Waals surface area contributed by atoms with Crippen LogP contribution in [-0.4, -0.2) is 22.2 Å². The highest BCUT2D eigenvalue weighted by atomic mass is 16.5. The zero-order valence-electron chi connectivity index (χ0n) is 8.61. The highest BCUT2D eigenvalue weighted by Gasteiger charge is 1.79. The van der Waals surface area contributed by atoms with Gasteiger partial charge in [-0.15, -0.1) is 0 Å². The predicted octanol–water partition coefficient (Wildman–Crippen LogP) is 1.41. The Hall–Kier alpha value is -0.970. The molecule has 14 heavy (non-hydrogen) atoms. The van der Waals surface area contributed by atoms with E-state index in [9.17, 15) is 0 Å². The number of hydroxylamine groups is 1. The Balaban J connectivity index is 0. The fraction of sp³-hybridized carbons (Fsp3) is 0.500. The minimum absolute atomic E-state index is 0. The Labute approximate surface area is 85.3 Å². The summed E-state index contributed by atoms with van der Waals surface area (Å²) in [5.74, 6) is 0. The molecule has 0 bridgehead atoms. The Kier molecular flexibility index (Phi) is 16.1. The first kappa shape index (κ1) is 15.5. The summed E-state index contributed by atoms with van der Waals surface area (Å²) < 4.78 is 0. The van der Waals surface area contributed by atoms with Crippen LogP contribution in [0.4, 0.5) is 0 Å². The molecular weight excluding hydrogens is 180 g/mol. The number of hydrogen-bond donors (Lipinski definition) is 2. The largest absolute Gasteiger partial charge is 0.412 e. The number of rotatable bonds is 4. The van der Waals surface area contributed by atoms with Crippen LogP contribution in [0, 0.1) is 0 Å². The molecule has 0 aliphatic heterocycles. The van der Waals surface area contributed by atoms with Crippen LogP contribution in [0.2, 0.25) is 0 Å². The number of hydrogen-bond acceptors (Lipinski definition) is 3. The van der Waals surface area contributed by atoms with E-state index in [-0.39, 0.29) is 5.48 Å². The molecule has 0 saturated heterocycles. The third kappa shape index (κ3) is 13.6. The van der Waals surface area contributed by atoms with Crippen molar-refractivity contribution in [3.8, 4) is 0 Å². The van der Waals surface area contributed by atoms with E-state index in [0.717, 1.165) is 13.0 Å². The summed E-state index contributed by atoms with van der Waals surface area (Å²) in [6.07, 6.45) is 6.99. The van der Waals surface area contributed by atoms with Gasteiger partial charge in [0.1, 0.15) is 0 Å². The standard InChI is InChI=1S/C5H13NO.C5H5N.H2O/c1-2-3-4-5-6-7;1-2-4-6-5-3-1;/h6-7H,2-5H2,1H3;1-5H;1H2. The minimum Gasteiger partial charge on any atom is -0.412 e. The van der Waals surface area contributed by atoms with E-state index >= 15 is 0 Å². The smallest absolute Gasteiger partial charge is 0.0267 e. The molecule has 4 N–H and O–H groups in total. The lowest BCUT2D eigenvalue weighted by Crippen LogP contribution is -2.07. The third-order valence-electron chi connectivity index (χ3n) is 1.46. The van der Waals surface area contributed by atoms with Gasteiger partial charge in [0.25, 0.3) is 0 Å². The van der Waals surface area contributed by atoms with Crippen molar-refractivity contribution in [2.45, 2.75) is 26.2 Å². The van der Waals surface area contributed by atoms with Crippen LogP contribution in [0.5, 0.6) is 0 Å². The Morgan fingerprint density at radius 1 is 1.14 bits per heavy atom. The Morgan fingerprint density at radius 3 is 2.07 bits per heavy atom. The lowest BCUT2D eigenvalue weighted by atomic mass is 10.3. The van der Waals surface area contributed by atoms with Crippen LogP contribution in [0.1, 0.15) is 26.2 Å². The second kappa shape index (κ2) is 14.5. The second-order valence-corrected chi connectivity index (χ2v) is 2.64. The van der Waals surface area contributed by atoms with Gasteiger partial charge in [-0.05, 0) is 18.6 Å². The van der Waals surface area contributed by atoms with Crippen molar-refractivity contribution in [2.75, 3.05) is 6.54 Å². The molecule has 1 rings (SSSR count). The van der Waals surface area contributed by atoms with Crippen molar-refractivity contribution in [3.63, 3.8) is 0 Å². The predicted molar refractivity (Wildman–Crippen MR) is 57.2 cm³/mol. The lowest BCUT2D eigenvalue weighted by Gasteiger charge is -1.92. The Bertz CT molecular complexity index is 140. The number of unbranched alkanes of at least 4 members (excludes halogenated alkanes) is 2. The van der Waals surface area contributed by atoms with Crippen molar-refractivity contribution in [2.24, 2.45) is 0 Å². The summed E-state index contributed by atoms with van der Waals surface area (Å²) in [5, 5.41) is 8.04. The minimum atomic E-state index is 0. The van der Waals surface area contributed by atoms with E-state index < -0.39 is 0 Å². The van der Waals surface area contributed by atoms with Gasteiger partial charge in [-0.25, -0.2) is 5.48 Å². The van der Waals surface area contributed by atoms with Gasteiger partial charge in [0.05, 0.1) is 0 Å². The van der Waals surface area contributed by atoms with Gasteiger partial charge in [0.15, 0.2) is 0 Å². The molecule has 1 heterocycles. The Morgan fingerprint density at radius 2 is 1.79 bits per heavy atom. The fourth-order valence-electron chi connectivity index (χ4n) is 0.767. The van der Waals surface area contributed by atoms with E-state index in [0.29, 0.717) is 0 Å². The zero-order valence-corrected chi connectivity index (χ0v) is 8.61. The average molecular weight is 200 g/mol. The lowest BCUT2D eigenvalue weighted by molar-refractivity contribution is 0.165. The van der Waals surface area contributed by atoms with E-state index in [1.165, 1.54) is 12.8 Å². The summed E-state index contributed by atoms with van der Waals surface area (Å²) in [5.41, 5.74) is 2.10. The van der Waals surface area contributed by atoms with Gasteiger partial charge in [0, 0.05) is 18.9 Å². The summed E-state index contributed by atoms with van der Waals surface area (Å²) in [6.45, 7) is 2.87. The molecule has 0 fully saturated rings. The summed E-state index contributed by atoms with van der Waals surface area (Å²) in [7, 11) is 0. The molecule has 1 aromatic rings. The monoisotopic (exact) mass is 200 g/mol. The molecule has 4 nitrogen and oxygen atoms in total. The van der Waals surface area contributed by atoms with Gasteiger partial charge in [-0.3, -0.25) is 4.98 Å². The topological polar surface area (TPSA) is 76.7 Å². The molecular formula is C10H20N2O2. The van der Waals surface area contributed by atoms with E-state index in [4.69, 9.17) is 5.21 Å². The van der Waals surface area contributed by atoms with Crippen LogP contribution in [0.3, 0.4) is 0 Å². The van der Waals surface area contributed by atoms with Crippen molar-refractivity contribution in [1.82, 2.24) is 10.5 Å². The average Bonchev–Trinajstić information content (AvgIpc) is 2.22. The zero-order chi connectivity index (χ0) is 9.78. The summed E-state index contributed by atoms with van der Waals surface area (Å²) in [6, 6.07) is 5.72. The first-order valence-electron chi connectivity index (χ1n) is 4.63. The molecule has 0 aromatic carbocycles. The summed E-state index contributed by atoms with van der Waals surface area (Å²) in [4.78, 5) is 3.78. The highest BCUT2D eigenvalue weighted by Crippen LogP contribution is 1.89. The van der Waals surface area contributed by atoms with Crippen LogP contribution < -0.4 is 5.48 Å². The number of aromatic nitrogens is 1. The molecule has 0 aliphatic carbocycles. The van der Waals surface area contributed by atoms with Gasteiger partial charge >= 0.3 is 0 Å². The van der Waals surface area contributed by atoms with Crippen molar-refractivity contribution in [1.29, 1.82) is 0 Å². The molecule has 0 spiro atoms. The van der Waals surface area contributed by atoms with Crippen LogP contribution in [0.25, 0.3) is 0 Å². The number of nitrogens with one attached hydrogen (secondary N) is 1. The quantitative estimate of drug-likeness (QED) is 0.570. The molecule has 0 amide bonds. The SMILES string of the molecule is CCCCCNO.O.c1ccncc1. The maximum atomic E-state index is 8.04. The second-order valence-electron chi connectivity index (χ2n) is 2.64. The maximum absolute atomic E-state index is 8.04. The molecule has 4 heteroatoms. The van der Waals surface area contributed by atoms with Crippen LogP contribution >= 0.6 is 0 Å². The van der Waals surface area contributed by atoms with E-state index in [2.05, 4.69) is 17.4 Å². The first-order chi connectivity index (χ1) is 6.41. The molecule has 0 aliphatic rings. The third-order valence-corrected chi connectivity index (χ3v) is 1.46. The first-order valence-corrected chi connectivity index (χ1v) is 4.63. The summed E-state index contributed by atoms with van der Waals surface area (Å²) >= 11 is 0.